The summed E-state index contributed by atoms with van der Waals surface area (Å²) in [6.45, 7) is 2.08. The lowest BCUT2D eigenvalue weighted by Gasteiger charge is -2.23. The summed E-state index contributed by atoms with van der Waals surface area (Å²) in [7, 11) is 0. The molecule has 1 aromatic heterocycles. The van der Waals surface area contributed by atoms with Gasteiger partial charge >= 0.3 is 6.18 Å². The molecule has 0 bridgehead atoms. The lowest BCUT2D eigenvalue weighted by molar-refractivity contribution is -0.137. The molecule has 1 aliphatic heterocycles. The number of hydrogen-bond acceptors (Lipinski definition) is 2. The minimum atomic E-state index is -4.52. The highest BCUT2D eigenvalue weighted by atomic mass is 35.6. The van der Waals surface area contributed by atoms with Gasteiger partial charge in [-0.2, -0.15) is 13.2 Å². The molecule has 2 heterocycles. The molecule has 0 radical (unpaired) electrons. The van der Waals surface area contributed by atoms with E-state index in [1.165, 1.54) is 24.3 Å². The SMILES string of the molecule is Cc1cc(C(=O)N2Cc3ccc(C(=O)C(Cl)(Cl)Cl)n3Cc3ccccc32)ccc1-c1ccccc1C(F)(F)F. The topological polar surface area (TPSA) is 42.3 Å². The van der Waals surface area contributed by atoms with Crippen LogP contribution in [-0.4, -0.2) is 20.1 Å². The largest absolute Gasteiger partial charge is 0.417 e. The Morgan fingerprint density at radius 3 is 2.21 bits per heavy atom. The van der Waals surface area contributed by atoms with Crippen molar-refractivity contribution in [2.24, 2.45) is 0 Å². The number of amides is 1. The first kappa shape index (κ1) is 27.3. The van der Waals surface area contributed by atoms with Gasteiger partial charge in [0.05, 0.1) is 24.3 Å². The number of halogens is 6. The molecule has 4 nitrogen and oxygen atoms in total. The van der Waals surface area contributed by atoms with Gasteiger partial charge in [0.2, 0.25) is 5.78 Å². The van der Waals surface area contributed by atoms with E-state index in [0.717, 1.165) is 11.6 Å². The second kappa shape index (κ2) is 10.0. The number of Topliss-reactive ketones (excluding diaryl/α,β-unsaturated/α-hetero) is 1. The summed E-state index contributed by atoms with van der Waals surface area (Å²) in [4.78, 5) is 28.2. The molecule has 5 rings (SSSR count). The number of carbonyl (C=O) groups is 2. The molecule has 0 unspecified atom stereocenters. The first-order valence-electron chi connectivity index (χ1n) is 11.8. The van der Waals surface area contributed by atoms with Gasteiger partial charge in [0.1, 0.15) is 0 Å². The van der Waals surface area contributed by atoms with Crippen LogP contribution in [0.25, 0.3) is 11.1 Å². The third-order valence-corrected chi connectivity index (χ3v) is 7.25. The van der Waals surface area contributed by atoms with Crippen molar-refractivity contribution in [3.63, 3.8) is 0 Å². The number of carbonyl (C=O) groups excluding carboxylic acids is 2. The summed E-state index contributed by atoms with van der Waals surface area (Å²) < 4.78 is 40.5. The van der Waals surface area contributed by atoms with Crippen molar-refractivity contribution >= 4 is 52.2 Å². The number of anilines is 1. The van der Waals surface area contributed by atoms with E-state index in [1.807, 2.05) is 12.1 Å². The van der Waals surface area contributed by atoms with Crippen LogP contribution in [0.3, 0.4) is 0 Å². The normalized spacial score (nSPS) is 13.5. The standard InChI is InChI=1S/C29H20Cl3F3N2O2/c1-17-14-18(10-12-21(17)22-7-3-4-8-23(22)29(33,34)35)27(39)37-16-20-11-13-25(26(38)28(30,31)32)36(20)15-19-6-2-5-9-24(19)37/h2-14H,15-16H2,1H3. The van der Waals surface area contributed by atoms with Crippen molar-refractivity contribution in [1.82, 2.24) is 4.57 Å². The highest BCUT2D eigenvalue weighted by molar-refractivity contribution is 6.77. The minimum Gasteiger partial charge on any atom is -0.336 e. The van der Waals surface area contributed by atoms with Crippen LogP contribution < -0.4 is 4.90 Å². The van der Waals surface area contributed by atoms with E-state index in [9.17, 15) is 22.8 Å². The molecule has 1 aliphatic rings. The molecule has 4 aromatic rings. The average Bonchev–Trinajstić information content (AvgIpc) is 3.19. The van der Waals surface area contributed by atoms with Crippen LogP contribution >= 0.6 is 34.8 Å². The molecule has 39 heavy (non-hydrogen) atoms. The van der Waals surface area contributed by atoms with E-state index in [1.54, 1.807) is 52.8 Å². The monoisotopic (exact) mass is 590 g/mol. The summed E-state index contributed by atoms with van der Waals surface area (Å²) in [5, 5.41) is 0. The fourth-order valence-corrected chi connectivity index (χ4v) is 5.19. The zero-order valence-corrected chi connectivity index (χ0v) is 22.7. The van der Waals surface area contributed by atoms with E-state index in [4.69, 9.17) is 34.8 Å². The molecule has 200 valence electrons. The molecule has 10 heteroatoms. The van der Waals surface area contributed by atoms with E-state index in [2.05, 4.69) is 0 Å². The molecule has 0 fully saturated rings. The Bertz CT molecular complexity index is 1610. The van der Waals surface area contributed by atoms with Gasteiger partial charge in [-0.3, -0.25) is 9.59 Å². The van der Waals surface area contributed by atoms with Crippen molar-refractivity contribution in [2.75, 3.05) is 4.90 Å². The van der Waals surface area contributed by atoms with Crippen molar-refractivity contribution in [3.8, 4) is 11.1 Å². The highest BCUT2D eigenvalue weighted by Crippen LogP contribution is 2.39. The van der Waals surface area contributed by atoms with Gasteiger partial charge in [0.15, 0.2) is 0 Å². The van der Waals surface area contributed by atoms with E-state index in [-0.39, 0.29) is 30.3 Å². The van der Waals surface area contributed by atoms with E-state index in [0.29, 0.717) is 28.1 Å². The Balaban J connectivity index is 1.54. The number of fused-ring (bicyclic) bond motifs is 2. The fourth-order valence-electron chi connectivity index (χ4n) is 4.90. The molecule has 0 saturated heterocycles. The highest BCUT2D eigenvalue weighted by Gasteiger charge is 2.36. The number of aryl methyl sites for hydroxylation is 1. The summed E-state index contributed by atoms with van der Waals surface area (Å²) in [6, 6.07) is 20.6. The predicted molar refractivity (Wildman–Crippen MR) is 147 cm³/mol. The lowest BCUT2D eigenvalue weighted by atomic mass is 9.94. The van der Waals surface area contributed by atoms with Crippen molar-refractivity contribution in [3.05, 3.63) is 113 Å². The number of para-hydroxylation sites is 1. The first-order valence-corrected chi connectivity index (χ1v) is 13.0. The molecule has 1 amide bonds. The molecular weight excluding hydrogens is 572 g/mol. The van der Waals surface area contributed by atoms with E-state index < -0.39 is 21.3 Å². The predicted octanol–water partition coefficient (Wildman–Crippen LogP) is 8.24. The average molecular weight is 592 g/mol. The minimum absolute atomic E-state index is 0.0468. The number of ketones is 1. The molecule has 0 aliphatic carbocycles. The maximum atomic E-state index is 13.9. The second-order valence-electron chi connectivity index (χ2n) is 9.22. The summed E-state index contributed by atoms with van der Waals surface area (Å²) >= 11 is 17.6. The van der Waals surface area contributed by atoms with Crippen molar-refractivity contribution < 1.29 is 22.8 Å². The molecule has 0 N–H and O–H groups in total. The van der Waals surface area contributed by atoms with E-state index >= 15 is 0 Å². The molecule has 3 aromatic carbocycles. The smallest absolute Gasteiger partial charge is 0.336 e. The van der Waals surface area contributed by atoms with Gasteiger partial charge < -0.3 is 9.47 Å². The van der Waals surface area contributed by atoms with Crippen molar-refractivity contribution in [1.29, 1.82) is 0 Å². The Kier molecular flexibility index (Phi) is 7.04. The van der Waals surface area contributed by atoms with Crippen LogP contribution in [0.5, 0.6) is 0 Å². The van der Waals surface area contributed by atoms with Gasteiger partial charge in [-0.15, -0.1) is 0 Å². The van der Waals surface area contributed by atoms with Gasteiger partial charge in [0.25, 0.3) is 9.70 Å². The summed E-state index contributed by atoms with van der Waals surface area (Å²) in [5.41, 5.74) is 2.81. The number of nitrogens with zero attached hydrogens (tertiary/aromatic N) is 2. The number of alkyl halides is 6. The third-order valence-electron chi connectivity index (χ3n) is 6.73. The Morgan fingerprint density at radius 1 is 0.821 bits per heavy atom. The number of aromatic nitrogens is 1. The number of rotatable bonds is 3. The second-order valence-corrected chi connectivity index (χ2v) is 11.5. The molecule has 0 atom stereocenters. The van der Waals surface area contributed by atoms with Crippen LogP contribution in [0.4, 0.5) is 18.9 Å². The maximum Gasteiger partial charge on any atom is 0.417 e. The molecule has 0 saturated carbocycles. The van der Waals surface area contributed by atoms with Gasteiger partial charge in [-0.25, -0.2) is 0 Å². The van der Waals surface area contributed by atoms with Crippen LogP contribution in [0, 0.1) is 6.92 Å². The van der Waals surface area contributed by atoms with Gasteiger partial charge in [0, 0.05) is 16.9 Å². The van der Waals surface area contributed by atoms with Gasteiger partial charge in [-0.1, -0.05) is 77.3 Å². The van der Waals surface area contributed by atoms with Crippen LogP contribution in [0.15, 0.2) is 78.9 Å². The quantitative estimate of drug-likeness (QED) is 0.178. The first-order chi connectivity index (χ1) is 18.4. The zero-order valence-electron chi connectivity index (χ0n) is 20.4. The number of benzene rings is 3. The lowest BCUT2D eigenvalue weighted by Crippen LogP contribution is -2.30. The van der Waals surface area contributed by atoms with Gasteiger partial charge in [-0.05, 0) is 65.6 Å². The van der Waals surface area contributed by atoms with Crippen LogP contribution in [0.1, 0.15) is 43.2 Å². The summed E-state index contributed by atoms with van der Waals surface area (Å²) in [5.74, 6) is -1.02. The molecular formula is C29H20Cl3F3N2O2. The Labute approximate surface area is 237 Å². The Morgan fingerprint density at radius 2 is 1.51 bits per heavy atom. The fraction of sp³-hybridized carbons (Fsp3) is 0.172. The maximum absolute atomic E-state index is 13.9. The number of hydrogen-bond donors (Lipinski definition) is 0. The van der Waals surface area contributed by atoms with Crippen molar-refractivity contribution in [2.45, 2.75) is 30.0 Å². The van der Waals surface area contributed by atoms with Crippen LogP contribution in [-0.2, 0) is 19.3 Å². The third kappa shape index (κ3) is 5.19. The zero-order chi connectivity index (χ0) is 28.1. The van der Waals surface area contributed by atoms with Crippen LogP contribution in [0.2, 0.25) is 0 Å². The molecule has 0 spiro atoms. The Hall–Kier alpha value is -3.26. The summed E-state index contributed by atoms with van der Waals surface area (Å²) in [6.07, 6.45) is -4.52.